The summed E-state index contributed by atoms with van der Waals surface area (Å²) in [6.45, 7) is 5.72. The first-order valence-corrected chi connectivity index (χ1v) is 12.8. The van der Waals surface area contributed by atoms with Gasteiger partial charge in [0.25, 0.3) is 0 Å². The van der Waals surface area contributed by atoms with Crippen LogP contribution in [-0.4, -0.2) is 0 Å². The normalized spacial score (nSPS) is 13.1. The average Bonchev–Trinajstić information content (AvgIpc) is 3.46. The summed E-state index contributed by atoms with van der Waals surface area (Å²) in [5.41, 5.74) is 8.45. The first-order chi connectivity index (χ1) is 18.2. The monoisotopic (exact) mass is 504 g/mol. The van der Waals surface area contributed by atoms with Crippen LogP contribution < -0.4 is 16.6 Å². The van der Waals surface area contributed by atoms with E-state index in [-0.39, 0.29) is 6.04 Å². The van der Waals surface area contributed by atoms with Gasteiger partial charge in [-0.05, 0) is 59.0 Å². The molecule has 0 amide bonds. The number of allylic oxidation sites excluding steroid dienone is 7. The summed E-state index contributed by atoms with van der Waals surface area (Å²) in [4.78, 5) is 2.40. The largest absolute Gasteiger partial charge is 0.361 e. The van der Waals surface area contributed by atoms with E-state index >= 15 is 0 Å². The zero-order chi connectivity index (χ0) is 26.3. The smallest absolute Gasteiger partial charge is 0.0696 e. The van der Waals surface area contributed by atoms with Crippen molar-refractivity contribution < 1.29 is 0 Å². The number of hydrogen-bond donors (Lipinski definition) is 3. The maximum atomic E-state index is 7.32. The summed E-state index contributed by atoms with van der Waals surface area (Å²) < 4.78 is 0. The maximum absolute atomic E-state index is 7.32. The Labute approximate surface area is 224 Å². The molecule has 1 aliphatic carbocycles. The van der Waals surface area contributed by atoms with Crippen LogP contribution in [0.5, 0.6) is 0 Å². The molecule has 0 radical (unpaired) electrons. The van der Waals surface area contributed by atoms with Crippen LogP contribution in [0.3, 0.4) is 0 Å². The van der Waals surface area contributed by atoms with Crippen LogP contribution in [0.2, 0.25) is 0 Å². The van der Waals surface area contributed by atoms with Crippen LogP contribution in [0.15, 0.2) is 143 Å². The minimum absolute atomic E-state index is 0.0268. The second kappa shape index (κ2) is 15.1. The zero-order valence-electron chi connectivity index (χ0n) is 21.0. The van der Waals surface area contributed by atoms with Crippen molar-refractivity contribution in [3.63, 3.8) is 0 Å². The lowest BCUT2D eigenvalue weighted by molar-refractivity contribution is 0.620. The fourth-order valence-electron chi connectivity index (χ4n) is 3.85. The molecule has 1 aliphatic rings. The number of rotatable bonds is 10. The number of anilines is 1. The lowest BCUT2D eigenvalue weighted by atomic mass is 9.97. The number of hydrazine groups is 1. The van der Waals surface area contributed by atoms with Gasteiger partial charge in [0, 0.05) is 28.6 Å². The van der Waals surface area contributed by atoms with Gasteiger partial charge >= 0.3 is 0 Å². The molecule has 0 spiro atoms. The van der Waals surface area contributed by atoms with E-state index in [0.29, 0.717) is 0 Å². The molecule has 0 aliphatic heterocycles. The quantitative estimate of drug-likeness (QED) is 0.148. The summed E-state index contributed by atoms with van der Waals surface area (Å²) >= 11 is 1.75. The van der Waals surface area contributed by atoms with Crippen molar-refractivity contribution >= 4 is 23.0 Å². The van der Waals surface area contributed by atoms with Crippen LogP contribution in [0.4, 0.5) is 5.69 Å². The molecule has 1 atom stereocenters. The van der Waals surface area contributed by atoms with E-state index in [0.717, 1.165) is 28.8 Å². The Morgan fingerprint density at radius 2 is 1.73 bits per heavy atom. The molecule has 5 heteroatoms. The zero-order valence-corrected chi connectivity index (χ0v) is 21.8. The molecule has 37 heavy (non-hydrogen) atoms. The Morgan fingerprint density at radius 3 is 2.46 bits per heavy atom. The van der Waals surface area contributed by atoms with Gasteiger partial charge in [0.15, 0.2) is 0 Å². The second-order valence-corrected chi connectivity index (χ2v) is 9.20. The third-order valence-electron chi connectivity index (χ3n) is 5.56. The second-order valence-electron chi connectivity index (χ2n) is 8.08. The predicted molar refractivity (Wildman–Crippen MR) is 158 cm³/mol. The summed E-state index contributed by atoms with van der Waals surface area (Å²) in [7, 11) is 0. The lowest BCUT2D eigenvalue weighted by Gasteiger charge is -2.21. The van der Waals surface area contributed by atoms with Crippen LogP contribution >= 0.6 is 11.8 Å². The highest BCUT2D eigenvalue weighted by Crippen LogP contribution is 2.34. The number of nitriles is 1. The Balaban J connectivity index is 0.00000121. The van der Waals surface area contributed by atoms with Crippen molar-refractivity contribution in [3.05, 3.63) is 145 Å². The van der Waals surface area contributed by atoms with Gasteiger partial charge in [-0.1, -0.05) is 103 Å². The molecule has 0 heterocycles. The SMILES string of the molecule is C=C(/C=C\C=C/Nc1ccccc1C(NN)C1=CC=CC1)c1ccccc1Sc1ccccc1.CC#N. The highest BCUT2D eigenvalue weighted by molar-refractivity contribution is 7.99. The van der Waals surface area contributed by atoms with E-state index in [2.05, 4.69) is 96.2 Å². The molecule has 3 aromatic rings. The summed E-state index contributed by atoms with van der Waals surface area (Å²) in [5.74, 6) is 5.89. The number of nitrogens with one attached hydrogen (secondary N) is 2. The number of nitrogens with two attached hydrogens (primary N) is 1. The molecule has 1 unspecified atom stereocenters. The minimum Gasteiger partial charge on any atom is -0.361 e. The fraction of sp³-hybridized carbons (Fsp3) is 0.0938. The maximum Gasteiger partial charge on any atom is 0.0696 e. The number of para-hydroxylation sites is 1. The first kappa shape index (κ1) is 27.5. The number of hydrogen-bond acceptors (Lipinski definition) is 5. The van der Waals surface area contributed by atoms with Crippen LogP contribution in [0.25, 0.3) is 5.57 Å². The number of nitrogens with zero attached hydrogens (tertiary/aromatic N) is 1. The fourth-order valence-corrected chi connectivity index (χ4v) is 4.85. The van der Waals surface area contributed by atoms with Crippen molar-refractivity contribution in [1.82, 2.24) is 5.43 Å². The summed E-state index contributed by atoms with van der Waals surface area (Å²) in [6, 6.07) is 28.7. The highest BCUT2D eigenvalue weighted by atomic mass is 32.2. The molecule has 0 fully saturated rings. The van der Waals surface area contributed by atoms with Crippen molar-refractivity contribution in [2.45, 2.75) is 29.2 Å². The Morgan fingerprint density at radius 1 is 1.03 bits per heavy atom. The minimum atomic E-state index is -0.0268. The van der Waals surface area contributed by atoms with E-state index in [4.69, 9.17) is 11.1 Å². The first-order valence-electron chi connectivity index (χ1n) is 12.0. The van der Waals surface area contributed by atoms with Gasteiger partial charge in [-0.3, -0.25) is 5.84 Å². The van der Waals surface area contributed by atoms with E-state index in [1.807, 2.05) is 42.6 Å². The predicted octanol–water partition coefficient (Wildman–Crippen LogP) is 7.95. The molecule has 186 valence electrons. The third kappa shape index (κ3) is 8.23. The van der Waals surface area contributed by atoms with E-state index < -0.39 is 0 Å². The van der Waals surface area contributed by atoms with Gasteiger partial charge in [-0.2, -0.15) is 5.26 Å². The Bertz CT molecular complexity index is 1330. The van der Waals surface area contributed by atoms with Crippen LogP contribution in [0, 0.1) is 11.3 Å². The summed E-state index contributed by atoms with van der Waals surface area (Å²) in [5, 5.41) is 10.7. The molecular weight excluding hydrogens is 472 g/mol. The highest BCUT2D eigenvalue weighted by Gasteiger charge is 2.18. The molecule has 0 saturated heterocycles. The van der Waals surface area contributed by atoms with E-state index in [1.54, 1.807) is 17.8 Å². The van der Waals surface area contributed by atoms with Crippen LogP contribution in [0.1, 0.15) is 30.5 Å². The lowest BCUT2D eigenvalue weighted by Crippen LogP contribution is -2.29. The van der Waals surface area contributed by atoms with Gasteiger partial charge in [0.2, 0.25) is 0 Å². The van der Waals surface area contributed by atoms with Crippen molar-refractivity contribution in [2.24, 2.45) is 5.84 Å². The molecule has 4 rings (SSSR count). The number of benzene rings is 3. The van der Waals surface area contributed by atoms with Gasteiger partial charge < -0.3 is 5.32 Å². The summed E-state index contributed by atoms with van der Waals surface area (Å²) in [6.07, 6.45) is 15.2. The molecule has 0 aromatic heterocycles. The van der Waals surface area contributed by atoms with Gasteiger partial charge in [0.1, 0.15) is 0 Å². The standard InChI is InChI=1S/C30H29N3S.C2H3N/c1-23(26-18-8-10-21-29(26)34-25-16-3-2-4-17-25)13-11-12-22-32-28-20-9-7-19-27(28)30(33-31)24-14-5-6-15-24;1-2-3/h2-14,16-22,30,32-33H,1,15,31H2;1H3/b13-11-,22-12-;. The Hall–Kier alpha value is -4.08. The van der Waals surface area contributed by atoms with Gasteiger partial charge in [0.05, 0.1) is 12.1 Å². The van der Waals surface area contributed by atoms with E-state index in [1.165, 1.54) is 22.3 Å². The molecule has 3 aromatic carbocycles. The molecule has 4 N–H and O–H groups in total. The van der Waals surface area contributed by atoms with Crippen LogP contribution in [-0.2, 0) is 0 Å². The van der Waals surface area contributed by atoms with Crippen molar-refractivity contribution in [2.75, 3.05) is 5.32 Å². The average molecular weight is 505 g/mol. The molecule has 0 bridgehead atoms. The Kier molecular flexibility index (Phi) is 11.2. The molecule has 0 saturated carbocycles. The topological polar surface area (TPSA) is 73.9 Å². The van der Waals surface area contributed by atoms with Crippen molar-refractivity contribution in [3.8, 4) is 6.07 Å². The van der Waals surface area contributed by atoms with Gasteiger partial charge in [-0.25, -0.2) is 5.43 Å². The van der Waals surface area contributed by atoms with E-state index in [9.17, 15) is 0 Å². The third-order valence-corrected chi connectivity index (χ3v) is 6.64. The molecular formula is C32H32N4S. The van der Waals surface area contributed by atoms with Crippen molar-refractivity contribution in [1.29, 1.82) is 5.26 Å². The van der Waals surface area contributed by atoms with Gasteiger partial charge in [-0.15, -0.1) is 0 Å². The molecule has 4 nitrogen and oxygen atoms in total.